The minimum Gasteiger partial charge on any atom is -0.481 e. The molecule has 4 atom stereocenters. The summed E-state index contributed by atoms with van der Waals surface area (Å²) in [4.78, 5) is 10.9. The van der Waals surface area contributed by atoms with Gasteiger partial charge in [-0.05, 0) is 19.3 Å². The summed E-state index contributed by atoms with van der Waals surface area (Å²) in [6, 6.07) is 0. The first-order valence-electron chi connectivity index (χ1n) is 4.62. The predicted octanol–water partition coefficient (Wildman–Crippen LogP) is 1.27. The molecule has 12 heavy (non-hydrogen) atoms. The molecule has 0 aromatic heterocycles. The Morgan fingerprint density at radius 1 is 1.50 bits per heavy atom. The SMILES string of the molecule is CC[C@H]1[C@@H](C(=O)O)[C@@H]2CC[C@H]1O2. The van der Waals surface area contributed by atoms with Crippen molar-refractivity contribution in [3.05, 3.63) is 0 Å². The Morgan fingerprint density at radius 3 is 2.67 bits per heavy atom. The van der Waals surface area contributed by atoms with Gasteiger partial charge in [0.15, 0.2) is 0 Å². The van der Waals surface area contributed by atoms with Crippen molar-refractivity contribution in [2.24, 2.45) is 11.8 Å². The second-order valence-corrected chi connectivity index (χ2v) is 3.73. The molecule has 2 heterocycles. The monoisotopic (exact) mass is 170 g/mol. The van der Waals surface area contributed by atoms with Gasteiger partial charge in [0.2, 0.25) is 0 Å². The van der Waals surface area contributed by atoms with Crippen LogP contribution >= 0.6 is 0 Å². The number of hydrogen-bond donors (Lipinski definition) is 1. The van der Waals surface area contributed by atoms with Crippen molar-refractivity contribution in [3.63, 3.8) is 0 Å². The van der Waals surface area contributed by atoms with E-state index < -0.39 is 5.97 Å². The van der Waals surface area contributed by atoms with Crippen LogP contribution in [0.15, 0.2) is 0 Å². The van der Waals surface area contributed by atoms with Crippen molar-refractivity contribution in [3.8, 4) is 0 Å². The Hall–Kier alpha value is -0.570. The fourth-order valence-electron chi connectivity index (χ4n) is 2.63. The molecule has 3 nitrogen and oxygen atoms in total. The maximum absolute atomic E-state index is 10.9. The maximum atomic E-state index is 10.9. The minimum atomic E-state index is -0.672. The molecule has 68 valence electrons. The number of aliphatic carboxylic acids is 1. The number of carbonyl (C=O) groups is 1. The van der Waals surface area contributed by atoms with Crippen LogP contribution in [0.25, 0.3) is 0 Å². The molecule has 0 unspecified atom stereocenters. The number of hydrogen-bond acceptors (Lipinski definition) is 2. The van der Waals surface area contributed by atoms with Crippen molar-refractivity contribution >= 4 is 5.97 Å². The lowest BCUT2D eigenvalue weighted by Crippen LogP contribution is -2.32. The molecule has 0 aromatic rings. The van der Waals surface area contributed by atoms with E-state index in [2.05, 4.69) is 0 Å². The minimum absolute atomic E-state index is 0.0115. The molecular formula is C9H14O3. The third kappa shape index (κ3) is 0.959. The molecule has 0 aromatic carbocycles. The summed E-state index contributed by atoms with van der Waals surface area (Å²) in [5.74, 6) is -0.635. The number of carboxylic acid groups (broad SMARTS) is 1. The van der Waals surface area contributed by atoms with Gasteiger partial charge in [-0.3, -0.25) is 4.79 Å². The first kappa shape index (κ1) is 8.05. The highest BCUT2D eigenvalue weighted by atomic mass is 16.5. The highest BCUT2D eigenvalue weighted by Gasteiger charge is 2.51. The van der Waals surface area contributed by atoms with Gasteiger partial charge in [-0.15, -0.1) is 0 Å². The predicted molar refractivity (Wildman–Crippen MR) is 42.8 cm³/mol. The van der Waals surface area contributed by atoms with Crippen LogP contribution in [0, 0.1) is 11.8 Å². The third-order valence-electron chi connectivity index (χ3n) is 3.18. The van der Waals surface area contributed by atoms with Crippen molar-refractivity contribution in [1.82, 2.24) is 0 Å². The van der Waals surface area contributed by atoms with Gasteiger partial charge in [0.1, 0.15) is 0 Å². The fourth-order valence-corrected chi connectivity index (χ4v) is 2.63. The lowest BCUT2D eigenvalue weighted by molar-refractivity contribution is -0.144. The molecule has 2 bridgehead atoms. The molecule has 2 aliphatic heterocycles. The van der Waals surface area contributed by atoms with Gasteiger partial charge in [0.05, 0.1) is 18.1 Å². The van der Waals surface area contributed by atoms with Gasteiger partial charge < -0.3 is 9.84 Å². The number of carboxylic acids is 1. The average Bonchev–Trinajstić information content (AvgIpc) is 2.60. The average molecular weight is 170 g/mol. The van der Waals surface area contributed by atoms with Crippen LogP contribution < -0.4 is 0 Å². The van der Waals surface area contributed by atoms with Crippen LogP contribution in [-0.4, -0.2) is 23.3 Å². The molecule has 3 heteroatoms. The summed E-state index contributed by atoms with van der Waals surface area (Å²) in [6.07, 6.45) is 3.18. The topological polar surface area (TPSA) is 46.5 Å². The van der Waals surface area contributed by atoms with E-state index in [1.807, 2.05) is 6.92 Å². The van der Waals surface area contributed by atoms with E-state index in [0.717, 1.165) is 19.3 Å². The molecule has 0 radical (unpaired) electrons. The lowest BCUT2D eigenvalue weighted by atomic mass is 9.78. The Bertz CT molecular complexity index is 202. The highest BCUT2D eigenvalue weighted by molar-refractivity contribution is 5.72. The van der Waals surface area contributed by atoms with Crippen molar-refractivity contribution in [1.29, 1.82) is 0 Å². The third-order valence-corrected chi connectivity index (χ3v) is 3.18. The molecule has 0 saturated carbocycles. The van der Waals surface area contributed by atoms with Gasteiger partial charge in [0, 0.05) is 5.92 Å². The van der Waals surface area contributed by atoms with Crippen LogP contribution in [0.1, 0.15) is 26.2 Å². The molecule has 0 aliphatic carbocycles. The van der Waals surface area contributed by atoms with Crippen molar-refractivity contribution < 1.29 is 14.6 Å². The van der Waals surface area contributed by atoms with E-state index in [1.165, 1.54) is 0 Å². The van der Waals surface area contributed by atoms with Crippen LogP contribution in [0.5, 0.6) is 0 Å². The zero-order chi connectivity index (χ0) is 8.72. The summed E-state index contributed by atoms with van der Waals surface area (Å²) >= 11 is 0. The van der Waals surface area contributed by atoms with Crippen LogP contribution in [0.3, 0.4) is 0 Å². The van der Waals surface area contributed by atoms with E-state index in [-0.39, 0.29) is 24.0 Å². The normalized spacial score (nSPS) is 45.1. The summed E-state index contributed by atoms with van der Waals surface area (Å²) < 4.78 is 5.57. The quantitative estimate of drug-likeness (QED) is 0.679. The van der Waals surface area contributed by atoms with Crippen molar-refractivity contribution in [2.75, 3.05) is 0 Å². The van der Waals surface area contributed by atoms with E-state index in [4.69, 9.17) is 9.84 Å². The second-order valence-electron chi connectivity index (χ2n) is 3.73. The van der Waals surface area contributed by atoms with Crippen LogP contribution in [0.2, 0.25) is 0 Å². The summed E-state index contributed by atoms with van der Waals surface area (Å²) in [6.45, 7) is 2.05. The molecule has 1 N–H and O–H groups in total. The summed E-state index contributed by atoms with van der Waals surface area (Å²) in [5.41, 5.74) is 0. The first-order valence-corrected chi connectivity index (χ1v) is 4.62. The van der Waals surface area contributed by atoms with E-state index in [0.29, 0.717) is 0 Å². The molecule has 0 amide bonds. The van der Waals surface area contributed by atoms with Gasteiger partial charge in [-0.1, -0.05) is 6.92 Å². The molecule has 0 spiro atoms. The van der Waals surface area contributed by atoms with Crippen LogP contribution in [-0.2, 0) is 9.53 Å². The van der Waals surface area contributed by atoms with E-state index >= 15 is 0 Å². The smallest absolute Gasteiger partial charge is 0.309 e. The largest absolute Gasteiger partial charge is 0.481 e. The van der Waals surface area contributed by atoms with Crippen LogP contribution in [0.4, 0.5) is 0 Å². The standard InChI is InChI=1S/C9H14O3/c1-2-5-6-3-4-7(12-6)8(5)9(10)11/h5-8H,2-4H2,1H3,(H,10,11)/t5-,6-,7+,8-/m1/s1. The van der Waals surface area contributed by atoms with Gasteiger partial charge >= 0.3 is 5.97 Å². The van der Waals surface area contributed by atoms with Gasteiger partial charge in [-0.2, -0.15) is 0 Å². The zero-order valence-corrected chi connectivity index (χ0v) is 7.19. The summed E-state index contributed by atoms with van der Waals surface area (Å²) in [5, 5.41) is 8.96. The number of rotatable bonds is 2. The number of ether oxygens (including phenoxy) is 1. The first-order chi connectivity index (χ1) is 5.74. The Kier molecular flexibility index (Phi) is 1.83. The fraction of sp³-hybridized carbons (Fsp3) is 0.889. The maximum Gasteiger partial charge on any atom is 0.309 e. The molecular weight excluding hydrogens is 156 g/mol. The lowest BCUT2D eigenvalue weighted by Gasteiger charge is -2.22. The Morgan fingerprint density at radius 2 is 2.17 bits per heavy atom. The number of fused-ring (bicyclic) bond motifs is 2. The molecule has 2 fully saturated rings. The Labute approximate surface area is 71.7 Å². The van der Waals surface area contributed by atoms with E-state index in [9.17, 15) is 4.79 Å². The summed E-state index contributed by atoms with van der Waals surface area (Å²) in [7, 11) is 0. The second kappa shape index (κ2) is 2.73. The zero-order valence-electron chi connectivity index (χ0n) is 7.19. The highest BCUT2D eigenvalue weighted by Crippen LogP contribution is 2.44. The molecule has 2 saturated heterocycles. The van der Waals surface area contributed by atoms with E-state index in [1.54, 1.807) is 0 Å². The van der Waals surface area contributed by atoms with Gasteiger partial charge in [0.25, 0.3) is 0 Å². The molecule has 2 rings (SSSR count). The van der Waals surface area contributed by atoms with Gasteiger partial charge in [-0.25, -0.2) is 0 Å². The van der Waals surface area contributed by atoms with Crippen molar-refractivity contribution in [2.45, 2.75) is 38.4 Å². The Balaban J connectivity index is 2.16. The molecule has 2 aliphatic rings.